The van der Waals surface area contributed by atoms with Crippen molar-refractivity contribution < 1.29 is 14.1 Å². The van der Waals surface area contributed by atoms with Gasteiger partial charge in [0.05, 0.1) is 11.6 Å². The Kier molecular flexibility index (Phi) is 4.39. The Balaban J connectivity index is 1.35. The molecule has 1 aliphatic rings. The van der Waals surface area contributed by atoms with Crippen LogP contribution in [0.1, 0.15) is 29.0 Å². The highest BCUT2D eigenvalue weighted by molar-refractivity contribution is 5.97. The first-order valence-corrected chi connectivity index (χ1v) is 8.30. The second-order valence-corrected chi connectivity index (χ2v) is 6.06. The normalized spacial score (nSPS) is 15.6. The van der Waals surface area contributed by atoms with Crippen molar-refractivity contribution >= 4 is 16.8 Å². The molecule has 0 N–H and O–H groups in total. The van der Waals surface area contributed by atoms with Gasteiger partial charge in [-0.15, -0.1) is 0 Å². The molecule has 3 heterocycles. The lowest BCUT2D eigenvalue weighted by atomic mass is 10.1. The number of piperidine rings is 1. The van der Waals surface area contributed by atoms with Crippen molar-refractivity contribution in [3.63, 3.8) is 0 Å². The van der Waals surface area contributed by atoms with E-state index in [1.165, 1.54) is 6.39 Å². The average molecular weight is 338 g/mol. The monoisotopic (exact) mass is 338 g/mol. The molecule has 25 heavy (non-hydrogen) atoms. The molecular formula is C18H18N4O3. The number of amides is 1. The number of hydrogen-bond acceptors (Lipinski definition) is 6. The van der Waals surface area contributed by atoms with E-state index in [-0.39, 0.29) is 12.0 Å². The molecule has 4 rings (SSSR count). The number of pyridine rings is 1. The molecule has 0 spiro atoms. The summed E-state index contributed by atoms with van der Waals surface area (Å²) in [6, 6.07) is 9.49. The number of ether oxygens (including phenoxy) is 1. The molecule has 1 aliphatic heterocycles. The maximum Gasteiger partial charge on any atom is 0.253 e. The molecule has 1 aromatic carbocycles. The number of benzene rings is 1. The highest BCUT2D eigenvalue weighted by atomic mass is 16.5. The molecule has 7 heteroatoms. The molecule has 2 aromatic heterocycles. The van der Waals surface area contributed by atoms with E-state index in [4.69, 9.17) is 4.74 Å². The molecule has 1 amide bonds. The van der Waals surface area contributed by atoms with E-state index in [9.17, 15) is 4.79 Å². The summed E-state index contributed by atoms with van der Waals surface area (Å²) in [5.41, 5.74) is 1.60. The van der Waals surface area contributed by atoms with Crippen LogP contribution in [0.3, 0.4) is 0 Å². The quantitative estimate of drug-likeness (QED) is 0.727. The van der Waals surface area contributed by atoms with Crippen molar-refractivity contribution in [1.29, 1.82) is 0 Å². The zero-order valence-electron chi connectivity index (χ0n) is 13.7. The van der Waals surface area contributed by atoms with Gasteiger partial charge in [-0.05, 0) is 37.1 Å². The first-order chi connectivity index (χ1) is 12.3. The summed E-state index contributed by atoms with van der Waals surface area (Å²) in [6.07, 6.45) is 4.77. The summed E-state index contributed by atoms with van der Waals surface area (Å²) in [6.45, 7) is 1.70. The zero-order chi connectivity index (χ0) is 17.1. The fourth-order valence-corrected chi connectivity index (χ4v) is 3.07. The van der Waals surface area contributed by atoms with E-state index in [0.717, 1.165) is 23.7 Å². The van der Waals surface area contributed by atoms with E-state index in [0.29, 0.717) is 31.1 Å². The molecule has 1 saturated heterocycles. The van der Waals surface area contributed by atoms with Gasteiger partial charge in [0.15, 0.2) is 5.82 Å². The Morgan fingerprint density at radius 2 is 2.12 bits per heavy atom. The lowest BCUT2D eigenvalue weighted by Crippen LogP contribution is -2.40. The number of aromatic nitrogens is 3. The standard InChI is InChI=1S/C18H18N4O3/c23-18(14-3-4-16-13(10-14)2-1-7-19-16)22-8-5-15(6-9-22)24-11-17-20-12-25-21-17/h1-4,7,10,12,15H,5-6,8-9,11H2. The van der Waals surface area contributed by atoms with Gasteiger partial charge in [-0.25, -0.2) is 0 Å². The Bertz CT molecular complexity index is 858. The van der Waals surface area contributed by atoms with Crippen LogP contribution in [0.4, 0.5) is 0 Å². The summed E-state index contributed by atoms with van der Waals surface area (Å²) in [5.74, 6) is 0.602. The first-order valence-electron chi connectivity index (χ1n) is 8.30. The Hall–Kier alpha value is -2.80. The summed E-state index contributed by atoms with van der Waals surface area (Å²) in [5, 5.41) is 4.71. The third-order valence-corrected chi connectivity index (χ3v) is 4.43. The number of carbonyl (C=O) groups is 1. The minimum absolute atomic E-state index is 0.0578. The van der Waals surface area contributed by atoms with Crippen LogP contribution in [0.2, 0.25) is 0 Å². The molecule has 1 fully saturated rings. The van der Waals surface area contributed by atoms with Crippen LogP contribution >= 0.6 is 0 Å². The summed E-state index contributed by atoms with van der Waals surface area (Å²) >= 11 is 0. The van der Waals surface area contributed by atoms with Gasteiger partial charge in [0.1, 0.15) is 6.61 Å². The lowest BCUT2D eigenvalue weighted by molar-refractivity contribution is -0.00350. The minimum atomic E-state index is 0.0578. The van der Waals surface area contributed by atoms with Crippen molar-refractivity contribution in [3.05, 3.63) is 54.3 Å². The molecule has 128 valence electrons. The van der Waals surface area contributed by atoms with Crippen LogP contribution in [-0.4, -0.2) is 45.1 Å². The maximum absolute atomic E-state index is 12.7. The fraction of sp³-hybridized carbons (Fsp3) is 0.333. The van der Waals surface area contributed by atoms with E-state index >= 15 is 0 Å². The smallest absolute Gasteiger partial charge is 0.253 e. The molecular weight excluding hydrogens is 320 g/mol. The number of nitrogens with zero attached hydrogens (tertiary/aromatic N) is 4. The minimum Gasteiger partial charge on any atom is -0.370 e. The molecule has 0 aliphatic carbocycles. The predicted octanol–water partition coefficient (Wildman–Crippen LogP) is 2.44. The number of likely N-dealkylation sites (tertiary alicyclic amines) is 1. The van der Waals surface area contributed by atoms with E-state index in [2.05, 4.69) is 19.6 Å². The summed E-state index contributed by atoms with van der Waals surface area (Å²) in [4.78, 5) is 22.8. The van der Waals surface area contributed by atoms with Crippen molar-refractivity contribution in [1.82, 2.24) is 20.0 Å². The van der Waals surface area contributed by atoms with Crippen molar-refractivity contribution in [2.24, 2.45) is 0 Å². The Morgan fingerprint density at radius 1 is 1.24 bits per heavy atom. The van der Waals surface area contributed by atoms with Gasteiger partial charge in [-0.1, -0.05) is 11.2 Å². The highest BCUT2D eigenvalue weighted by Crippen LogP contribution is 2.19. The van der Waals surface area contributed by atoms with Gasteiger partial charge in [0.25, 0.3) is 5.91 Å². The van der Waals surface area contributed by atoms with Gasteiger partial charge < -0.3 is 14.2 Å². The zero-order valence-corrected chi connectivity index (χ0v) is 13.7. The molecule has 0 bridgehead atoms. The highest BCUT2D eigenvalue weighted by Gasteiger charge is 2.24. The molecule has 0 atom stereocenters. The Labute approximate surface area is 144 Å². The third-order valence-electron chi connectivity index (χ3n) is 4.43. The largest absolute Gasteiger partial charge is 0.370 e. The molecule has 7 nitrogen and oxygen atoms in total. The number of rotatable bonds is 4. The second kappa shape index (κ2) is 6.98. The fourth-order valence-electron chi connectivity index (χ4n) is 3.07. The van der Waals surface area contributed by atoms with Crippen LogP contribution in [0.25, 0.3) is 10.9 Å². The van der Waals surface area contributed by atoms with Crippen LogP contribution in [0, 0.1) is 0 Å². The van der Waals surface area contributed by atoms with E-state index < -0.39 is 0 Å². The van der Waals surface area contributed by atoms with Gasteiger partial charge >= 0.3 is 0 Å². The topological polar surface area (TPSA) is 81.4 Å². The lowest BCUT2D eigenvalue weighted by Gasteiger charge is -2.31. The van der Waals surface area contributed by atoms with Crippen LogP contribution < -0.4 is 0 Å². The molecule has 0 saturated carbocycles. The van der Waals surface area contributed by atoms with Crippen LogP contribution in [-0.2, 0) is 11.3 Å². The summed E-state index contributed by atoms with van der Waals surface area (Å²) in [7, 11) is 0. The van der Waals surface area contributed by atoms with E-state index in [1.54, 1.807) is 6.20 Å². The van der Waals surface area contributed by atoms with Gasteiger partial charge in [0, 0.05) is 30.2 Å². The maximum atomic E-state index is 12.7. The van der Waals surface area contributed by atoms with Crippen LogP contribution in [0.5, 0.6) is 0 Å². The Morgan fingerprint density at radius 3 is 2.92 bits per heavy atom. The van der Waals surface area contributed by atoms with Gasteiger partial charge in [0.2, 0.25) is 6.39 Å². The number of fused-ring (bicyclic) bond motifs is 1. The average Bonchev–Trinajstić information content (AvgIpc) is 3.19. The van der Waals surface area contributed by atoms with Crippen molar-refractivity contribution in [3.8, 4) is 0 Å². The second-order valence-electron chi connectivity index (χ2n) is 6.06. The molecule has 3 aromatic rings. The van der Waals surface area contributed by atoms with Crippen molar-refractivity contribution in [2.45, 2.75) is 25.6 Å². The molecule has 0 unspecified atom stereocenters. The van der Waals surface area contributed by atoms with Crippen molar-refractivity contribution in [2.75, 3.05) is 13.1 Å². The third kappa shape index (κ3) is 3.51. The van der Waals surface area contributed by atoms with E-state index in [1.807, 2.05) is 35.2 Å². The predicted molar refractivity (Wildman–Crippen MR) is 89.8 cm³/mol. The van der Waals surface area contributed by atoms with Gasteiger partial charge in [-0.3, -0.25) is 9.78 Å². The number of hydrogen-bond donors (Lipinski definition) is 0. The SMILES string of the molecule is O=C(c1ccc2ncccc2c1)N1CCC(OCc2ncon2)CC1. The molecule has 0 radical (unpaired) electrons. The van der Waals surface area contributed by atoms with Crippen LogP contribution in [0.15, 0.2) is 47.4 Å². The first kappa shape index (κ1) is 15.7. The summed E-state index contributed by atoms with van der Waals surface area (Å²) < 4.78 is 10.5. The van der Waals surface area contributed by atoms with Gasteiger partial charge in [-0.2, -0.15) is 4.98 Å². The number of carbonyl (C=O) groups excluding carboxylic acids is 1.